The molecule has 0 saturated carbocycles. The Hall–Kier alpha value is -6.39. The number of ether oxygens (including phenoxy) is 7. The minimum Gasteiger partial charge on any atom is -0.449 e. The van der Waals surface area contributed by atoms with Gasteiger partial charge in [0.1, 0.15) is 36.8 Å². The van der Waals surface area contributed by atoms with Crippen molar-refractivity contribution in [2.24, 2.45) is 24.6 Å². The molecule has 0 radical (unpaired) electrons. The van der Waals surface area contributed by atoms with Crippen molar-refractivity contribution in [3.05, 3.63) is 77.9 Å². The smallest absolute Gasteiger partial charge is 0.407 e. The fourth-order valence-corrected chi connectivity index (χ4v) is 10.7. The number of amides is 7. The first-order chi connectivity index (χ1) is 40.8. The van der Waals surface area contributed by atoms with Crippen molar-refractivity contribution < 1.29 is 86.2 Å². The van der Waals surface area contributed by atoms with Gasteiger partial charge in [0.15, 0.2) is 0 Å². The van der Waals surface area contributed by atoms with Gasteiger partial charge >= 0.3 is 13.7 Å². The Labute approximate surface area is 495 Å². The fourth-order valence-electron chi connectivity index (χ4n) is 9.72. The normalized spacial score (nSPS) is 15.7. The zero-order valence-electron chi connectivity index (χ0n) is 49.0. The summed E-state index contributed by atoms with van der Waals surface area (Å²) in [4.78, 5) is 117. The summed E-state index contributed by atoms with van der Waals surface area (Å²) < 4.78 is 52.1. The second-order valence-corrected chi connectivity index (χ2v) is 22.9. The number of hydrogen-bond acceptors (Lipinski definition) is 17. The molecule has 7 amide bonds. The van der Waals surface area contributed by atoms with Gasteiger partial charge in [0.05, 0.1) is 105 Å². The Kier molecular flexibility index (Phi) is 29.8. The first kappa shape index (κ1) is 69.4. The lowest BCUT2D eigenvalue weighted by atomic mass is 9.98. The van der Waals surface area contributed by atoms with E-state index < -0.39 is 92.1 Å². The lowest BCUT2D eigenvalue weighted by Gasteiger charge is -2.28. The Bertz CT molecular complexity index is 2610. The number of imidazole rings is 1. The average molecular weight is 1220 g/mol. The van der Waals surface area contributed by atoms with Crippen molar-refractivity contribution in [3.63, 3.8) is 0 Å². The highest BCUT2D eigenvalue weighted by Crippen LogP contribution is 2.44. The second kappa shape index (κ2) is 36.6. The van der Waals surface area contributed by atoms with Gasteiger partial charge in [-0.15, -0.1) is 0 Å². The molecule has 472 valence electrons. The van der Waals surface area contributed by atoms with Crippen LogP contribution in [0.4, 0.5) is 4.79 Å². The number of likely N-dealkylation sites (tertiary alicyclic amines) is 1. The number of nitrogens with two attached hydrogens (primary N) is 1. The van der Waals surface area contributed by atoms with Gasteiger partial charge in [-0.2, -0.15) is 0 Å². The van der Waals surface area contributed by atoms with E-state index in [1.54, 1.807) is 11.6 Å². The predicted octanol–water partition coefficient (Wildman–Crippen LogP) is 0.649. The van der Waals surface area contributed by atoms with Gasteiger partial charge in [-0.3, -0.25) is 33.3 Å². The van der Waals surface area contributed by atoms with E-state index >= 15 is 0 Å². The van der Waals surface area contributed by atoms with Gasteiger partial charge < -0.3 is 89.8 Å². The number of fused-ring (bicyclic) bond motifs is 3. The van der Waals surface area contributed by atoms with Crippen molar-refractivity contribution in [1.82, 2.24) is 41.0 Å². The first-order valence-corrected chi connectivity index (χ1v) is 30.5. The molecular formula is C57H86N9O18P. The van der Waals surface area contributed by atoms with Gasteiger partial charge in [-0.05, 0) is 59.8 Å². The summed E-state index contributed by atoms with van der Waals surface area (Å²) in [6.45, 7) is 8.85. The molecule has 28 heteroatoms. The van der Waals surface area contributed by atoms with Crippen LogP contribution in [0.15, 0.2) is 61.1 Å². The lowest BCUT2D eigenvalue weighted by Crippen LogP contribution is -2.60. The zero-order chi connectivity index (χ0) is 61.7. The van der Waals surface area contributed by atoms with Crippen LogP contribution in [0.25, 0.3) is 11.1 Å². The van der Waals surface area contributed by atoms with Crippen LogP contribution in [0, 0.1) is 11.8 Å². The number of rotatable bonds is 41. The average Bonchev–Trinajstić information content (AvgIpc) is 2.11. The number of carbonyl (C=O) groups is 7. The van der Waals surface area contributed by atoms with Gasteiger partial charge in [0, 0.05) is 44.4 Å². The highest BCUT2D eigenvalue weighted by atomic mass is 31.2. The highest BCUT2D eigenvalue weighted by Gasteiger charge is 2.38. The van der Waals surface area contributed by atoms with Gasteiger partial charge in [-0.1, -0.05) is 69.3 Å². The van der Waals surface area contributed by atoms with Crippen molar-refractivity contribution in [1.29, 1.82) is 0 Å². The molecule has 5 rings (SSSR count). The number of nitrogens with zero attached hydrogens (tertiary/aromatic N) is 3. The van der Waals surface area contributed by atoms with Crippen LogP contribution in [-0.4, -0.2) is 213 Å². The zero-order valence-corrected chi connectivity index (χ0v) is 49.9. The minimum atomic E-state index is -4.63. The van der Waals surface area contributed by atoms with Gasteiger partial charge in [0.25, 0.3) is 0 Å². The van der Waals surface area contributed by atoms with E-state index in [2.05, 4.69) is 55.8 Å². The third-order valence-corrected chi connectivity index (χ3v) is 15.3. The van der Waals surface area contributed by atoms with Crippen LogP contribution >= 0.6 is 7.60 Å². The van der Waals surface area contributed by atoms with Crippen LogP contribution in [0.2, 0.25) is 0 Å². The molecule has 1 aliphatic carbocycles. The van der Waals surface area contributed by atoms with E-state index in [0.29, 0.717) is 97.5 Å². The number of nitrogens with one attached hydrogen (secondary N) is 5. The monoisotopic (exact) mass is 1220 g/mol. The molecule has 0 spiro atoms. The number of alkyl carbamates (subject to hydrolysis) is 1. The molecule has 2 aromatic carbocycles. The third kappa shape index (κ3) is 23.8. The van der Waals surface area contributed by atoms with Crippen molar-refractivity contribution in [3.8, 4) is 11.1 Å². The highest BCUT2D eigenvalue weighted by molar-refractivity contribution is 7.51. The number of benzene rings is 2. The molecular weight excluding hydrogens is 1130 g/mol. The van der Waals surface area contributed by atoms with E-state index in [0.717, 1.165) is 11.1 Å². The summed E-state index contributed by atoms with van der Waals surface area (Å²) in [6.07, 6.45) is 3.07. The molecule has 2 heterocycles. The topological polar surface area (TPSA) is 369 Å². The van der Waals surface area contributed by atoms with E-state index in [1.165, 1.54) is 35.5 Å². The number of aliphatic hydroxyl groups is 1. The first-order valence-electron chi connectivity index (χ1n) is 28.7. The SMILES string of the molecule is CC(C)CC[C@H](NC(=O)[C@@H]1CCCN1C(=O)CCOCCOCCOCCOCCOCCOCCNC(=O)OCC1c2ccccc2-c2ccccc21)C(=O)N[C@@H](Cc1cncn1C)C(=O)N[C@@H](CO)C(=O)N[C@H](C(N)=O)[C@@H](C)CP(=O)(O)O. The molecule has 1 fully saturated rings. The van der Waals surface area contributed by atoms with Crippen LogP contribution in [0.1, 0.15) is 75.6 Å². The van der Waals surface area contributed by atoms with E-state index in [4.69, 9.17) is 38.9 Å². The van der Waals surface area contributed by atoms with E-state index in [1.807, 2.05) is 38.1 Å². The van der Waals surface area contributed by atoms with Crippen molar-refractivity contribution in [2.45, 2.75) is 95.4 Å². The van der Waals surface area contributed by atoms with Crippen LogP contribution < -0.4 is 32.3 Å². The largest absolute Gasteiger partial charge is 0.449 e. The lowest BCUT2D eigenvalue weighted by molar-refractivity contribution is -0.140. The Morgan fingerprint density at radius 3 is 1.76 bits per heavy atom. The van der Waals surface area contributed by atoms with Crippen LogP contribution in [0.5, 0.6) is 0 Å². The summed E-state index contributed by atoms with van der Waals surface area (Å²) in [5.74, 6) is -5.74. The number of carbonyl (C=O) groups excluding carboxylic acids is 7. The fraction of sp³-hybridized carbons (Fsp3) is 0.614. The maximum Gasteiger partial charge on any atom is 0.407 e. The molecule has 27 nitrogen and oxygen atoms in total. The molecule has 85 heavy (non-hydrogen) atoms. The summed E-state index contributed by atoms with van der Waals surface area (Å²) in [7, 11) is -2.97. The summed E-state index contributed by atoms with van der Waals surface area (Å²) in [5.41, 5.74) is 10.6. The number of aromatic nitrogens is 2. The van der Waals surface area contributed by atoms with Gasteiger partial charge in [-0.25, -0.2) is 9.78 Å². The predicted molar refractivity (Wildman–Crippen MR) is 308 cm³/mol. The standard InChI is InChI=1S/C57H86N9O18P/c1-38(2)15-16-46(53(70)62-47(32-40-33-59-37-65(40)4)54(71)63-48(34-67)55(72)64-51(52(58)69)39(3)36-85(75,76)77)61-56(73)49-14-9-19-66(49)50(68)17-20-78-22-24-80-26-28-82-30-31-83-29-27-81-25-23-79-21-18-60-57(74)84-35-45-43-12-7-5-10-41(43)42-11-6-8-13-44(42)45/h5-8,10-13,33,37-39,45-49,51,67H,9,14-32,34-36H2,1-4H3,(H2,58,69)(H,60,74)(H,61,73)(H,62,70)(H,63,71)(H,64,72)(H2,75,76,77)/t39-,46-,47-,48-,49-,51-/m0/s1. The molecule has 0 bridgehead atoms. The molecule has 1 saturated heterocycles. The Balaban J connectivity index is 0.912. The maximum absolute atomic E-state index is 14.1. The van der Waals surface area contributed by atoms with Crippen LogP contribution in [0.3, 0.4) is 0 Å². The molecule has 10 N–H and O–H groups in total. The quantitative estimate of drug-likeness (QED) is 0.0278. The van der Waals surface area contributed by atoms with Crippen molar-refractivity contribution >= 4 is 49.1 Å². The Morgan fingerprint density at radius 2 is 1.24 bits per heavy atom. The van der Waals surface area contributed by atoms with Gasteiger partial charge in [0.2, 0.25) is 35.4 Å². The molecule has 1 aromatic heterocycles. The third-order valence-electron chi connectivity index (χ3n) is 14.2. The number of aryl methyl sites for hydroxylation is 1. The maximum atomic E-state index is 14.1. The van der Waals surface area contributed by atoms with Crippen molar-refractivity contribution in [2.75, 3.05) is 112 Å². The summed E-state index contributed by atoms with van der Waals surface area (Å²) >= 11 is 0. The molecule has 3 aromatic rings. The molecule has 6 atom stereocenters. The number of primary amides is 1. The summed E-state index contributed by atoms with van der Waals surface area (Å²) in [6, 6.07) is 9.66. The summed E-state index contributed by atoms with van der Waals surface area (Å²) in [5, 5.41) is 23.0. The Morgan fingerprint density at radius 1 is 0.706 bits per heavy atom. The molecule has 1 aliphatic heterocycles. The second-order valence-electron chi connectivity index (χ2n) is 21.2. The number of aliphatic hydroxyl groups excluding tert-OH is 1. The van der Waals surface area contributed by atoms with E-state index in [-0.39, 0.29) is 63.4 Å². The molecule has 0 unspecified atom stereocenters. The minimum absolute atomic E-state index is 0.00147. The van der Waals surface area contributed by atoms with E-state index in [9.17, 15) is 53.0 Å². The molecule has 2 aliphatic rings. The van der Waals surface area contributed by atoms with Crippen LogP contribution in [-0.2, 0) is 80.0 Å². The number of hydrogen-bond donors (Lipinski definition) is 9.